The van der Waals surface area contributed by atoms with E-state index in [1.54, 1.807) is 10.9 Å². The predicted octanol–water partition coefficient (Wildman–Crippen LogP) is 0.824. The molecule has 4 rings (SSSR count). The lowest BCUT2D eigenvalue weighted by Gasteiger charge is -2.20. The normalized spacial score (nSPS) is 25.8. The van der Waals surface area contributed by atoms with Gasteiger partial charge in [-0.3, -0.25) is 4.79 Å². The number of amides is 1. The minimum absolute atomic E-state index is 0.0821. The molecule has 25 heavy (non-hydrogen) atoms. The van der Waals surface area contributed by atoms with Crippen molar-refractivity contribution in [3.05, 3.63) is 12.7 Å². The molecule has 2 atom stereocenters. The maximum absolute atomic E-state index is 13.3. The van der Waals surface area contributed by atoms with E-state index in [9.17, 15) is 13.6 Å². The van der Waals surface area contributed by atoms with E-state index < -0.39 is 18.6 Å². The maximum Gasteiger partial charge on any atom is 0.267 e. The van der Waals surface area contributed by atoms with Crippen LogP contribution >= 0.6 is 0 Å². The molecule has 2 N–H and O–H groups in total. The Bertz CT molecular complexity index is 810. The van der Waals surface area contributed by atoms with Crippen LogP contribution in [0.15, 0.2) is 12.7 Å². The van der Waals surface area contributed by atoms with Crippen molar-refractivity contribution in [2.45, 2.75) is 43.9 Å². The summed E-state index contributed by atoms with van der Waals surface area (Å²) in [6, 6.07) is 0. The maximum atomic E-state index is 13.3. The van der Waals surface area contributed by atoms with E-state index in [1.165, 1.54) is 11.2 Å². The number of hydrogen-bond acceptors (Lipinski definition) is 6. The van der Waals surface area contributed by atoms with Crippen LogP contribution in [-0.2, 0) is 16.1 Å². The molecule has 0 aromatic carbocycles. The summed E-state index contributed by atoms with van der Waals surface area (Å²) < 4.78 is 34.2. The molecule has 4 heterocycles. The predicted molar refractivity (Wildman–Crippen MR) is 83.8 cm³/mol. The Labute approximate surface area is 142 Å². The van der Waals surface area contributed by atoms with E-state index in [-0.39, 0.29) is 25.0 Å². The molecule has 0 radical (unpaired) electrons. The lowest BCUT2D eigenvalue weighted by Crippen LogP contribution is -2.39. The van der Waals surface area contributed by atoms with Crippen LogP contribution < -0.4 is 5.73 Å². The standard InChI is InChI=1S/C15H18F2N6O2/c16-15(17)3-4-22(6-15)14(24)10-2-1-9(25-10)5-23-8-21-11-12(18)19-7-20-13(11)23/h7-10H,1-6H2,(H2,18,19,20)/t9-,10+/m0/s1. The number of nitrogens with zero attached hydrogens (tertiary/aromatic N) is 5. The van der Waals surface area contributed by atoms with Gasteiger partial charge in [0.05, 0.1) is 25.5 Å². The van der Waals surface area contributed by atoms with E-state index in [1.807, 2.05) is 0 Å². The number of likely N-dealkylation sites (tertiary alicyclic amines) is 1. The highest BCUT2D eigenvalue weighted by atomic mass is 19.3. The van der Waals surface area contributed by atoms with Crippen LogP contribution in [0.2, 0.25) is 0 Å². The summed E-state index contributed by atoms with van der Waals surface area (Å²) in [5, 5.41) is 0. The quantitative estimate of drug-likeness (QED) is 0.878. The van der Waals surface area contributed by atoms with Gasteiger partial charge in [0.2, 0.25) is 0 Å². The number of nitrogen functional groups attached to an aromatic ring is 1. The molecule has 0 aliphatic carbocycles. The number of aromatic nitrogens is 4. The van der Waals surface area contributed by atoms with Gasteiger partial charge in [-0.05, 0) is 12.8 Å². The molecule has 0 bridgehead atoms. The first-order valence-electron chi connectivity index (χ1n) is 8.16. The molecule has 0 unspecified atom stereocenters. The number of hydrogen-bond donors (Lipinski definition) is 1. The van der Waals surface area contributed by atoms with Gasteiger partial charge < -0.3 is 19.9 Å². The van der Waals surface area contributed by atoms with Crippen LogP contribution in [0.25, 0.3) is 11.2 Å². The van der Waals surface area contributed by atoms with Gasteiger partial charge in [-0.15, -0.1) is 0 Å². The molecular formula is C15H18F2N6O2. The van der Waals surface area contributed by atoms with E-state index in [2.05, 4.69) is 15.0 Å². The molecule has 8 nitrogen and oxygen atoms in total. The minimum Gasteiger partial charge on any atom is -0.382 e. The van der Waals surface area contributed by atoms with Gasteiger partial charge in [-0.2, -0.15) is 0 Å². The second-order valence-electron chi connectivity index (χ2n) is 6.52. The zero-order chi connectivity index (χ0) is 17.6. The fraction of sp³-hybridized carbons (Fsp3) is 0.600. The number of carbonyl (C=O) groups is 1. The summed E-state index contributed by atoms with van der Waals surface area (Å²) in [4.78, 5) is 25.8. The van der Waals surface area contributed by atoms with Crippen molar-refractivity contribution in [2.24, 2.45) is 0 Å². The average Bonchev–Trinajstić information content (AvgIpc) is 3.27. The Balaban J connectivity index is 1.41. The molecule has 10 heteroatoms. The Morgan fingerprint density at radius 2 is 2.20 bits per heavy atom. The zero-order valence-electron chi connectivity index (χ0n) is 13.4. The summed E-state index contributed by atoms with van der Waals surface area (Å²) in [5.74, 6) is -2.83. The smallest absolute Gasteiger partial charge is 0.267 e. The highest BCUT2D eigenvalue weighted by molar-refractivity contribution is 5.82. The Hall–Kier alpha value is -2.36. The zero-order valence-corrected chi connectivity index (χ0v) is 13.4. The van der Waals surface area contributed by atoms with Gasteiger partial charge >= 0.3 is 0 Å². The molecule has 2 fully saturated rings. The van der Waals surface area contributed by atoms with E-state index in [0.29, 0.717) is 36.4 Å². The lowest BCUT2D eigenvalue weighted by atomic mass is 10.2. The molecule has 2 aliphatic heterocycles. The molecule has 1 amide bonds. The molecule has 0 saturated carbocycles. The Kier molecular flexibility index (Phi) is 3.78. The summed E-state index contributed by atoms with van der Waals surface area (Å²) >= 11 is 0. The first-order valence-corrected chi connectivity index (χ1v) is 8.16. The molecular weight excluding hydrogens is 334 g/mol. The van der Waals surface area contributed by atoms with E-state index in [0.717, 1.165) is 0 Å². The van der Waals surface area contributed by atoms with Crippen molar-refractivity contribution in [2.75, 3.05) is 18.8 Å². The minimum atomic E-state index is -2.79. The molecule has 0 spiro atoms. The van der Waals surface area contributed by atoms with Crippen molar-refractivity contribution >= 4 is 22.9 Å². The van der Waals surface area contributed by atoms with Crippen molar-refractivity contribution < 1.29 is 18.3 Å². The SMILES string of the molecule is Nc1ncnc2c1ncn2C[C@@H]1CC[C@H](C(=O)N2CCC(F)(F)C2)O1. The van der Waals surface area contributed by atoms with Crippen LogP contribution in [-0.4, -0.2) is 61.5 Å². The fourth-order valence-electron chi connectivity index (χ4n) is 3.40. The number of imidazole rings is 1. The Morgan fingerprint density at radius 3 is 2.96 bits per heavy atom. The number of alkyl halides is 2. The van der Waals surface area contributed by atoms with Crippen LogP contribution in [0.1, 0.15) is 19.3 Å². The molecule has 2 aromatic rings. The van der Waals surface area contributed by atoms with Crippen LogP contribution in [0, 0.1) is 0 Å². The van der Waals surface area contributed by atoms with Crippen LogP contribution in [0.4, 0.5) is 14.6 Å². The number of nitrogens with two attached hydrogens (primary N) is 1. The number of anilines is 1. The van der Waals surface area contributed by atoms with Gasteiger partial charge in [-0.1, -0.05) is 0 Å². The van der Waals surface area contributed by atoms with Crippen molar-refractivity contribution in [1.29, 1.82) is 0 Å². The van der Waals surface area contributed by atoms with E-state index in [4.69, 9.17) is 10.5 Å². The first-order chi connectivity index (χ1) is 11.9. The van der Waals surface area contributed by atoms with Gasteiger partial charge in [0.15, 0.2) is 11.5 Å². The number of halogens is 2. The average molecular weight is 352 g/mol. The molecule has 2 aliphatic rings. The second kappa shape index (κ2) is 5.87. The largest absolute Gasteiger partial charge is 0.382 e. The lowest BCUT2D eigenvalue weighted by molar-refractivity contribution is -0.143. The topological polar surface area (TPSA) is 99.2 Å². The second-order valence-corrected chi connectivity index (χ2v) is 6.52. The molecule has 2 aromatic heterocycles. The van der Waals surface area contributed by atoms with Crippen molar-refractivity contribution in [3.63, 3.8) is 0 Å². The van der Waals surface area contributed by atoms with Gasteiger partial charge in [0.25, 0.3) is 11.8 Å². The summed E-state index contributed by atoms with van der Waals surface area (Å²) in [6.45, 7) is 0.0321. The number of ether oxygens (including phenoxy) is 1. The highest BCUT2D eigenvalue weighted by Crippen LogP contribution is 2.30. The van der Waals surface area contributed by atoms with Crippen molar-refractivity contribution in [1.82, 2.24) is 24.4 Å². The van der Waals surface area contributed by atoms with Gasteiger partial charge in [0.1, 0.15) is 17.9 Å². The Morgan fingerprint density at radius 1 is 1.36 bits per heavy atom. The fourth-order valence-corrected chi connectivity index (χ4v) is 3.40. The van der Waals surface area contributed by atoms with E-state index >= 15 is 0 Å². The third-order valence-corrected chi connectivity index (χ3v) is 4.69. The summed E-state index contributed by atoms with van der Waals surface area (Å²) in [6.07, 6.45) is 3.02. The van der Waals surface area contributed by atoms with Crippen LogP contribution in [0.3, 0.4) is 0 Å². The first kappa shape index (κ1) is 16.1. The molecule has 2 saturated heterocycles. The van der Waals surface area contributed by atoms with Crippen molar-refractivity contribution in [3.8, 4) is 0 Å². The van der Waals surface area contributed by atoms with Gasteiger partial charge in [-0.25, -0.2) is 23.7 Å². The molecule has 134 valence electrons. The number of fused-ring (bicyclic) bond motifs is 1. The van der Waals surface area contributed by atoms with Gasteiger partial charge in [0, 0.05) is 13.0 Å². The summed E-state index contributed by atoms with van der Waals surface area (Å²) in [5.41, 5.74) is 6.88. The third kappa shape index (κ3) is 3.01. The van der Waals surface area contributed by atoms with Crippen LogP contribution in [0.5, 0.6) is 0 Å². The number of carbonyl (C=O) groups excluding carboxylic acids is 1. The summed E-state index contributed by atoms with van der Waals surface area (Å²) in [7, 11) is 0. The monoisotopic (exact) mass is 352 g/mol. The highest BCUT2D eigenvalue weighted by Gasteiger charge is 2.43. The number of rotatable bonds is 3. The third-order valence-electron chi connectivity index (χ3n) is 4.69.